The fraction of sp³-hybridized carbons (Fsp3) is 0.348. The molecule has 0 amide bonds. The van der Waals surface area contributed by atoms with Gasteiger partial charge in [0.15, 0.2) is 11.5 Å². The van der Waals surface area contributed by atoms with Gasteiger partial charge < -0.3 is 10.3 Å². The predicted octanol–water partition coefficient (Wildman–Crippen LogP) is 4.29. The Hall–Kier alpha value is -2.47. The summed E-state index contributed by atoms with van der Waals surface area (Å²) in [5.41, 5.74) is 2.57. The van der Waals surface area contributed by atoms with Crippen molar-refractivity contribution in [3.8, 4) is 5.75 Å². The Balaban J connectivity index is 2.40. The van der Waals surface area contributed by atoms with Crippen LogP contribution in [0.15, 0.2) is 42.5 Å². The van der Waals surface area contributed by atoms with Crippen LogP contribution in [0.4, 0.5) is 5.69 Å². The van der Waals surface area contributed by atoms with Gasteiger partial charge >= 0.3 is 0 Å². The van der Waals surface area contributed by atoms with Gasteiger partial charge in [0.1, 0.15) is 5.75 Å². The fourth-order valence-electron chi connectivity index (χ4n) is 2.94. The smallest absolute Gasteiger partial charge is 0.185 e. The first-order valence-corrected chi connectivity index (χ1v) is 9.24. The first kappa shape index (κ1) is 21.8. The Morgan fingerprint density at radius 1 is 0.964 bits per heavy atom. The van der Waals surface area contributed by atoms with Crippen molar-refractivity contribution >= 4 is 17.5 Å². The Kier molecular flexibility index (Phi) is 6.14. The van der Waals surface area contributed by atoms with E-state index in [1.165, 1.54) is 30.3 Å². The largest absolute Gasteiger partial charge is 0.595 e. The van der Waals surface area contributed by atoms with Gasteiger partial charge in [0.25, 0.3) is 0 Å². The van der Waals surface area contributed by atoms with Gasteiger partial charge in [-0.25, -0.2) is 5.21 Å². The summed E-state index contributed by atoms with van der Waals surface area (Å²) in [6.45, 7) is 12.2. The number of carbonyl (C=O) groups excluding carboxylic acids is 1. The molecule has 150 valence electrons. The maximum atomic E-state index is 12.4. The second-order valence-corrected chi connectivity index (χ2v) is 9.04. The number of hydrogen-bond acceptors (Lipinski definition) is 4. The molecule has 0 aliphatic carbocycles. The van der Waals surface area contributed by atoms with Crippen molar-refractivity contribution in [3.05, 3.63) is 69.9 Å². The molecule has 5 nitrogen and oxygen atoms in total. The summed E-state index contributed by atoms with van der Waals surface area (Å²) in [7, 11) is 0. The molecule has 0 aliphatic rings. The van der Waals surface area contributed by atoms with Gasteiger partial charge in [-0.1, -0.05) is 47.6 Å². The van der Waals surface area contributed by atoms with Crippen LogP contribution in [-0.2, 0) is 10.8 Å². The molecule has 1 atom stereocenters. The van der Waals surface area contributed by atoms with Crippen molar-refractivity contribution in [1.29, 1.82) is 0 Å². The highest BCUT2D eigenvalue weighted by Crippen LogP contribution is 2.40. The maximum absolute atomic E-state index is 12.4. The van der Waals surface area contributed by atoms with Gasteiger partial charge in [0, 0.05) is 28.8 Å². The van der Waals surface area contributed by atoms with E-state index in [1.54, 1.807) is 6.08 Å². The monoisotopic (exact) mass is 383 g/mol. The van der Waals surface area contributed by atoms with Gasteiger partial charge in [0.05, 0.1) is 0 Å². The second-order valence-electron chi connectivity index (χ2n) is 9.04. The van der Waals surface area contributed by atoms with E-state index in [9.17, 15) is 15.1 Å². The van der Waals surface area contributed by atoms with Crippen LogP contribution in [0.1, 0.15) is 68.6 Å². The van der Waals surface area contributed by atoms with Crippen LogP contribution in [0.3, 0.4) is 0 Å². The number of carbonyl (C=O) groups is 1. The van der Waals surface area contributed by atoms with Crippen molar-refractivity contribution in [2.45, 2.75) is 52.4 Å². The number of aromatic hydroxyl groups is 1. The molecule has 0 heterocycles. The summed E-state index contributed by atoms with van der Waals surface area (Å²) in [4.78, 5) is 12.4. The molecule has 2 rings (SSSR count). The Labute approximate surface area is 166 Å². The molecule has 0 aromatic heterocycles. The first-order chi connectivity index (χ1) is 12.8. The lowest BCUT2D eigenvalue weighted by Gasteiger charge is -2.27. The van der Waals surface area contributed by atoms with E-state index in [1.807, 2.05) is 53.7 Å². The predicted molar refractivity (Wildman–Crippen MR) is 111 cm³/mol. The number of phenols is 1. The standard InChI is InChI=1S/C23H29NO4/c1-22(2,3)18-13-15(14-19(21(18)26)23(4,5)6)7-12-20(25)16-8-10-17(11-9-16)24(27)28/h7-14,24,26-27H,1-6H3/b12-7+. The van der Waals surface area contributed by atoms with Gasteiger partial charge in [-0.3, -0.25) is 4.79 Å². The lowest BCUT2D eigenvalue weighted by atomic mass is 9.78. The summed E-state index contributed by atoms with van der Waals surface area (Å²) in [5, 5.41) is 29.6. The van der Waals surface area contributed by atoms with E-state index in [4.69, 9.17) is 5.21 Å². The summed E-state index contributed by atoms with van der Waals surface area (Å²) < 4.78 is 0. The van der Waals surface area contributed by atoms with Crippen LogP contribution in [0, 0.1) is 5.21 Å². The second kappa shape index (κ2) is 7.87. The van der Waals surface area contributed by atoms with Crippen LogP contribution < -0.4 is 5.23 Å². The lowest BCUT2D eigenvalue weighted by molar-refractivity contribution is -0.991. The Morgan fingerprint density at radius 3 is 1.82 bits per heavy atom. The van der Waals surface area contributed by atoms with Gasteiger partial charge in [-0.05, 0) is 46.7 Å². The third-order valence-electron chi connectivity index (χ3n) is 4.59. The highest BCUT2D eigenvalue weighted by atomic mass is 16.8. The summed E-state index contributed by atoms with van der Waals surface area (Å²) in [6.07, 6.45) is 3.21. The quantitative estimate of drug-likeness (QED) is 0.418. The van der Waals surface area contributed by atoms with Crippen LogP contribution in [0.25, 0.3) is 6.08 Å². The molecule has 0 radical (unpaired) electrons. The zero-order valence-electron chi connectivity index (χ0n) is 17.3. The molecule has 0 spiro atoms. The number of rotatable bonds is 4. The lowest BCUT2D eigenvalue weighted by Crippen LogP contribution is -2.99. The molecule has 0 bridgehead atoms. The number of ketones is 1. The van der Waals surface area contributed by atoms with Gasteiger partial charge in [-0.2, -0.15) is 5.23 Å². The molecule has 0 fully saturated rings. The molecule has 5 heteroatoms. The van der Waals surface area contributed by atoms with E-state index in [-0.39, 0.29) is 22.3 Å². The SMILES string of the molecule is CC(C)(C)c1cc(/C=C/C(=O)c2ccc([NH+]([O-])O)cc2)cc(C(C)(C)C)c1O. The molecule has 0 aliphatic heterocycles. The minimum atomic E-state index is -1.02. The molecule has 2 aromatic carbocycles. The fourth-order valence-corrected chi connectivity index (χ4v) is 2.94. The molecule has 1 unspecified atom stereocenters. The van der Waals surface area contributed by atoms with Crippen molar-refractivity contribution in [2.75, 3.05) is 0 Å². The topological polar surface area (TPSA) is 85.0 Å². The van der Waals surface area contributed by atoms with Crippen molar-refractivity contribution in [2.24, 2.45) is 0 Å². The van der Waals surface area contributed by atoms with Gasteiger partial charge in [0.2, 0.25) is 0 Å². The third kappa shape index (κ3) is 5.07. The Bertz CT molecular complexity index is 847. The molecule has 0 saturated heterocycles. The summed E-state index contributed by atoms with van der Waals surface area (Å²) >= 11 is 0. The zero-order chi connectivity index (χ0) is 21.3. The van der Waals surface area contributed by atoms with Crippen molar-refractivity contribution < 1.29 is 20.3 Å². The first-order valence-electron chi connectivity index (χ1n) is 9.24. The van der Waals surface area contributed by atoms with Gasteiger partial charge in [-0.15, -0.1) is 0 Å². The van der Waals surface area contributed by atoms with Crippen LogP contribution in [0.5, 0.6) is 5.75 Å². The molecule has 0 saturated carbocycles. The average Bonchev–Trinajstić information content (AvgIpc) is 2.58. The van der Waals surface area contributed by atoms with E-state index in [0.29, 0.717) is 11.3 Å². The van der Waals surface area contributed by atoms with Crippen LogP contribution >= 0.6 is 0 Å². The number of nitrogens with one attached hydrogen (secondary N) is 1. The highest BCUT2D eigenvalue weighted by molar-refractivity contribution is 6.06. The van der Waals surface area contributed by atoms with E-state index in [2.05, 4.69) is 0 Å². The van der Waals surface area contributed by atoms with Crippen LogP contribution in [0.2, 0.25) is 0 Å². The number of quaternary nitrogens is 1. The average molecular weight is 383 g/mol. The van der Waals surface area contributed by atoms with Crippen molar-refractivity contribution in [1.82, 2.24) is 0 Å². The molecular formula is C23H29NO4. The van der Waals surface area contributed by atoms with Crippen LogP contribution in [-0.4, -0.2) is 16.1 Å². The number of benzene rings is 2. The summed E-state index contributed by atoms with van der Waals surface area (Å²) in [5.74, 6) is 0.0902. The highest BCUT2D eigenvalue weighted by Gasteiger charge is 2.26. The summed E-state index contributed by atoms with van der Waals surface area (Å²) in [6, 6.07) is 9.66. The number of hydrogen-bond donors (Lipinski definition) is 3. The third-order valence-corrected chi connectivity index (χ3v) is 4.59. The number of phenolic OH excluding ortho intramolecular Hbond substituents is 1. The van der Waals surface area contributed by atoms with E-state index >= 15 is 0 Å². The zero-order valence-corrected chi connectivity index (χ0v) is 17.3. The number of allylic oxidation sites excluding steroid dienone is 1. The molecular weight excluding hydrogens is 354 g/mol. The molecule has 28 heavy (non-hydrogen) atoms. The van der Waals surface area contributed by atoms with Crippen molar-refractivity contribution in [3.63, 3.8) is 0 Å². The normalized spacial score (nSPS) is 13.7. The maximum Gasteiger partial charge on any atom is 0.185 e. The molecule has 3 N–H and O–H groups in total. The molecule has 2 aromatic rings. The van der Waals surface area contributed by atoms with E-state index in [0.717, 1.165) is 16.7 Å². The van der Waals surface area contributed by atoms with E-state index < -0.39 is 5.23 Å². The Morgan fingerprint density at radius 2 is 1.43 bits per heavy atom. The minimum Gasteiger partial charge on any atom is -0.595 e. The minimum absolute atomic E-state index is 0.142.